The Kier molecular flexibility index (Phi) is 7.21. The number of nitriles is 1. The van der Waals surface area contributed by atoms with E-state index in [4.69, 9.17) is 9.47 Å². The Bertz CT molecular complexity index is 1760. The van der Waals surface area contributed by atoms with E-state index in [9.17, 15) is 27.6 Å². The van der Waals surface area contributed by atoms with Crippen LogP contribution in [0, 0.1) is 11.3 Å². The molecule has 0 radical (unpaired) electrons. The zero-order valence-corrected chi connectivity index (χ0v) is 23.1. The van der Waals surface area contributed by atoms with Crippen LogP contribution in [0.1, 0.15) is 47.8 Å². The lowest BCUT2D eigenvalue weighted by molar-refractivity contribution is -0.0502. The molecule has 1 amide bonds. The first-order chi connectivity index (χ1) is 20.6. The van der Waals surface area contributed by atoms with Gasteiger partial charge in [-0.1, -0.05) is 0 Å². The van der Waals surface area contributed by atoms with E-state index >= 15 is 0 Å². The minimum atomic E-state index is -3.33. The normalized spacial score (nSPS) is 19.3. The third-order valence-electron chi connectivity index (χ3n) is 7.54. The van der Waals surface area contributed by atoms with E-state index in [-0.39, 0.29) is 23.1 Å². The molecule has 1 saturated carbocycles. The number of rotatable bonds is 8. The molecule has 14 heteroatoms. The summed E-state index contributed by atoms with van der Waals surface area (Å²) in [5.41, 5.74) is 2.08. The SMILES string of the molecule is COc1cc(-c2c3c(C#N)cc(-c4ccn(C5CCCCO5)n4)cc3nn2C)cc(OC(F)F)c1C(=O)N[C@@H]1CC1(F)F. The Morgan fingerprint density at radius 2 is 1.95 bits per heavy atom. The highest BCUT2D eigenvalue weighted by molar-refractivity contribution is 6.03. The number of carbonyl (C=O) groups is 1. The van der Waals surface area contributed by atoms with Gasteiger partial charge in [-0.2, -0.15) is 24.2 Å². The van der Waals surface area contributed by atoms with Crippen LogP contribution >= 0.6 is 0 Å². The van der Waals surface area contributed by atoms with E-state index in [1.54, 1.807) is 23.9 Å². The fraction of sp³-hybridized carbons (Fsp3) is 0.379. The molecule has 10 nitrogen and oxygen atoms in total. The highest BCUT2D eigenvalue weighted by Gasteiger charge is 2.58. The molecule has 1 unspecified atom stereocenters. The Balaban J connectivity index is 1.43. The number of amides is 1. The minimum absolute atomic E-state index is 0.159. The van der Waals surface area contributed by atoms with Gasteiger partial charge in [-0.05, 0) is 49.6 Å². The number of hydrogen-bond acceptors (Lipinski definition) is 7. The zero-order chi connectivity index (χ0) is 30.5. The molecular formula is C29H26F4N6O4. The summed E-state index contributed by atoms with van der Waals surface area (Å²) in [6, 6.07) is 8.57. The van der Waals surface area contributed by atoms with Crippen LogP contribution in [0.3, 0.4) is 0 Å². The summed E-state index contributed by atoms with van der Waals surface area (Å²) in [4.78, 5) is 12.9. The van der Waals surface area contributed by atoms with Crippen molar-refractivity contribution in [3.63, 3.8) is 0 Å². The lowest BCUT2D eigenvalue weighted by Gasteiger charge is -2.22. The number of halogens is 4. The molecule has 1 aliphatic heterocycles. The zero-order valence-electron chi connectivity index (χ0n) is 23.1. The van der Waals surface area contributed by atoms with Crippen molar-refractivity contribution in [2.45, 2.75) is 50.5 Å². The molecule has 1 aliphatic carbocycles. The van der Waals surface area contributed by atoms with Gasteiger partial charge in [0, 0.05) is 42.8 Å². The van der Waals surface area contributed by atoms with Gasteiger partial charge in [0.15, 0.2) is 0 Å². The molecule has 2 aromatic carbocycles. The number of aromatic nitrogens is 4. The Morgan fingerprint density at radius 1 is 1.19 bits per heavy atom. The summed E-state index contributed by atoms with van der Waals surface area (Å²) in [5.74, 6) is -4.88. The fourth-order valence-corrected chi connectivity index (χ4v) is 5.38. The maximum Gasteiger partial charge on any atom is 0.387 e. The van der Waals surface area contributed by atoms with Crippen LogP contribution in [0.4, 0.5) is 17.6 Å². The molecule has 1 saturated heterocycles. The number of methoxy groups -OCH3 is 1. The van der Waals surface area contributed by atoms with E-state index in [1.807, 2.05) is 12.3 Å². The van der Waals surface area contributed by atoms with Crippen LogP contribution < -0.4 is 14.8 Å². The molecule has 3 heterocycles. The third-order valence-corrected chi connectivity index (χ3v) is 7.54. The summed E-state index contributed by atoms with van der Waals surface area (Å²) >= 11 is 0. The second kappa shape index (κ2) is 10.9. The molecular weight excluding hydrogens is 572 g/mol. The largest absolute Gasteiger partial charge is 0.496 e. The molecule has 2 aromatic heterocycles. The summed E-state index contributed by atoms with van der Waals surface area (Å²) < 4.78 is 72.9. The molecule has 1 N–H and O–H groups in total. The van der Waals surface area contributed by atoms with Gasteiger partial charge in [0.2, 0.25) is 0 Å². The number of ether oxygens (including phenoxy) is 3. The van der Waals surface area contributed by atoms with Crippen molar-refractivity contribution in [3.8, 4) is 40.1 Å². The van der Waals surface area contributed by atoms with Crippen LogP contribution in [-0.2, 0) is 11.8 Å². The number of carbonyl (C=O) groups excluding carboxylic acids is 1. The summed E-state index contributed by atoms with van der Waals surface area (Å²) in [6.07, 6.45) is 4.00. The summed E-state index contributed by atoms with van der Waals surface area (Å²) in [6.45, 7) is -2.66. The maximum atomic E-state index is 13.5. The van der Waals surface area contributed by atoms with Gasteiger partial charge in [-0.15, -0.1) is 0 Å². The lowest BCUT2D eigenvalue weighted by Crippen LogP contribution is -2.30. The molecule has 43 heavy (non-hydrogen) atoms. The van der Waals surface area contributed by atoms with Gasteiger partial charge in [0.05, 0.1) is 41.7 Å². The van der Waals surface area contributed by atoms with E-state index in [1.165, 1.54) is 23.9 Å². The second-order valence-electron chi connectivity index (χ2n) is 10.4. The standard InChI is InChI=1S/C29H26F4N6O4/c1-38-26(16-11-20(41-2)25(21(12-16)43-28(30)31)27(40)35-22-13-29(22,32)33)24-17(14-34)9-15(10-19(24)36-38)18-6-7-39(37-18)23-5-3-4-8-42-23/h6-7,9-12,22-23,28H,3-5,8,13H2,1-2H3,(H,35,40)/t22-,23?/m1/s1. The predicted octanol–water partition coefficient (Wildman–Crippen LogP) is 5.42. The third kappa shape index (κ3) is 5.36. The van der Waals surface area contributed by atoms with Crippen molar-refractivity contribution in [1.82, 2.24) is 24.9 Å². The molecule has 2 fully saturated rings. The lowest BCUT2D eigenvalue weighted by atomic mass is 9.98. The fourth-order valence-electron chi connectivity index (χ4n) is 5.38. The average molecular weight is 599 g/mol. The van der Waals surface area contributed by atoms with Crippen LogP contribution in [0.15, 0.2) is 36.5 Å². The van der Waals surface area contributed by atoms with Crippen LogP contribution in [0.5, 0.6) is 11.5 Å². The van der Waals surface area contributed by atoms with Crippen molar-refractivity contribution in [3.05, 3.63) is 47.7 Å². The molecule has 2 atom stereocenters. The van der Waals surface area contributed by atoms with Gasteiger partial charge < -0.3 is 19.5 Å². The Morgan fingerprint density at radius 3 is 2.60 bits per heavy atom. The topological polar surface area (TPSA) is 116 Å². The number of alkyl halides is 4. The molecule has 4 aromatic rings. The van der Waals surface area contributed by atoms with Gasteiger partial charge in [0.25, 0.3) is 11.8 Å². The van der Waals surface area contributed by atoms with E-state index in [0.717, 1.165) is 19.3 Å². The first-order valence-corrected chi connectivity index (χ1v) is 13.5. The monoisotopic (exact) mass is 598 g/mol. The summed E-state index contributed by atoms with van der Waals surface area (Å²) in [7, 11) is 2.82. The Hall–Kier alpha value is -4.64. The first kappa shape index (κ1) is 28.5. The average Bonchev–Trinajstić information content (AvgIpc) is 3.31. The number of fused-ring (bicyclic) bond motifs is 1. The van der Waals surface area contributed by atoms with Crippen molar-refractivity contribution >= 4 is 16.8 Å². The predicted molar refractivity (Wildman–Crippen MR) is 145 cm³/mol. The van der Waals surface area contributed by atoms with Gasteiger partial charge in [-0.25, -0.2) is 13.5 Å². The number of benzene rings is 2. The molecule has 6 rings (SSSR count). The molecule has 0 bridgehead atoms. The van der Waals surface area contributed by atoms with Gasteiger partial charge in [0.1, 0.15) is 23.3 Å². The van der Waals surface area contributed by atoms with E-state index in [2.05, 4.69) is 26.3 Å². The van der Waals surface area contributed by atoms with Crippen LogP contribution in [0.2, 0.25) is 0 Å². The number of aryl methyl sites for hydroxylation is 1. The van der Waals surface area contributed by atoms with Crippen molar-refractivity contribution in [2.24, 2.45) is 7.05 Å². The van der Waals surface area contributed by atoms with Gasteiger partial charge in [-0.3, -0.25) is 9.48 Å². The molecule has 2 aliphatic rings. The highest BCUT2D eigenvalue weighted by atomic mass is 19.3. The van der Waals surface area contributed by atoms with Crippen molar-refractivity contribution in [2.75, 3.05) is 13.7 Å². The van der Waals surface area contributed by atoms with Crippen LogP contribution in [0.25, 0.3) is 33.4 Å². The van der Waals surface area contributed by atoms with Gasteiger partial charge >= 0.3 is 6.61 Å². The Labute approximate surface area is 242 Å². The van der Waals surface area contributed by atoms with E-state index < -0.39 is 42.2 Å². The number of hydrogen-bond donors (Lipinski definition) is 1. The minimum Gasteiger partial charge on any atom is -0.496 e. The van der Waals surface area contributed by atoms with Crippen molar-refractivity contribution < 1.29 is 36.6 Å². The van der Waals surface area contributed by atoms with Crippen molar-refractivity contribution in [1.29, 1.82) is 5.26 Å². The highest BCUT2D eigenvalue weighted by Crippen LogP contribution is 2.44. The van der Waals surface area contributed by atoms with Crippen LogP contribution in [-0.4, -0.2) is 57.8 Å². The van der Waals surface area contributed by atoms with E-state index in [0.29, 0.717) is 34.5 Å². The quantitative estimate of drug-likeness (QED) is 0.269. The summed E-state index contributed by atoms with van der Waals surface area (Å²) in [5, 5.41) is 21.9. The maximum absolute atomic E-state index is 13.5. The number of nitrogens with zero attached hydrogens (tertiary/aromatic N) is 5. The first-order valence-electron chi connectivity index (χ1n) is 13.5. The molecule has 224 valence electrons. The molecule has 0 spiro atoms. The number of nitrogens with one attached hydrogen (secondary N) is 1. The second-order valence-corrected chi connectivity index (χ2v) is 10.4. The smallest absolute Gasteiger partial charge is 0.387 e.